The van der Waals surface area contributed by atoms with Crippen molar-refractivity contribution in [3.05, 3.63) is 65.7 Å². The molecule has 0 aliphatic carbocycles. The fraction of sp³-hybridized carbons (Fsp3) is 0.238. The summed E-state index contributed by atoms with van der Waals surface area (Å²) in [5.41, 5.74) is 1.26. The van der Waals surface area contributed by atoms with Gasteiger partial charge in [-0.1, -0.05) is 18.2 Å². The van der Waals surface area contributed by atoms with E-state index in [0.29, 0.717) is 24.4 Å². The summed E-state index contributed by atoms with van der Waals surface area (Å²) in [5, 5.41) is 9.42. The van der Waals surface area contributed by atoms with Gasteiger partial charge in [-0.05, 0) is 61.9 Å². The average molecular weight is 353 g/mol. The van der Waals surface area contributed by atoms with Gasteiger partial charge in [0.1, 0.15) is 11.5 Å². The molecule has 0 bridgehead atoms. The van der Waals surface area contributed by atoms with E-state index >= 15 is 0 Å². The molecule has 0 heterocycles. The van der Waals surface area contributed by atoms with Crippen LogP contribution in [-0.4, -0.2) is 41.4 Å². The summed E-state index contributed by atoms with van der Waals surface area (Å²) in [6, 6.07) is 13.3. The topological polar surface area (TPSA) is 66.8 Å². The second-order valence-corrected chi connectivity index (χ2v) is 5.67. The predicted molar refractivity (Wildman–Crippen MR) is 101 cm³/mol. The van der Waals surface area contributed by atoms with Crippen LogP contribution in [0.15, 0.2) is 54.6 Å². The second kappa shape index (κ2) is 9.42. The van der Waals surface area contributed by atoms with E-state index in [1.54, 1.807) is 59.5 Å². The molecule has 5 heteroatoms. The number of ether oxygens (including phenoxy) is 1. The van der Waals surface area contributed by atoms with Crippen molar-refractivity contribution in [3.63, 3.8) is 0 Å². The SMILES string of the molecule is CCN(CC)C(=O)COc1ccc(C(=O)/C=C\c2cccc(O)c2)cc1. The van der Waals surface area contributed by atoms with E-state index in [2.05, 4.69) is 0 Å². The third kappa shape index (κ3) is 5.48. The highest BCUT2D eigenvalue weighted by Crippen LogP contribution is 2.15. The largest absolute Gasteiger partial charge is 0.508 e. The Labute approximate surface area is 153 Å². The minimum absolute atomic E-state index is 0.0215. The fourth-order valence-electron chi connectivity index (χ4n) is 2.42. The van der Waals surface area contributed by atoms with Gasteiger partial charge in [0.15, 0.2) is 12.4 Å². The average Bonchev–Trinajstić information content (AvgIpc) is 2.66. The minimum Gasteiger partial charge on any atom is -0.508 e. The Bertz CT molecular complexity index is 777. The van der Waals surface area contributed by atoms with Gasteiger partial charge in [0.05, 0.1) is 0 Å². The number of likely N-dealkylation sites (N-methyl/N-ethyl adjacent to an activating group) is 1. The summed E-state index contributed by atoms with van der Waals surface area (Å²) in [4.78, 5) is 25.8. The Kier molecular flexibility index (Phi) is 6.97. The van der Waals surface area contributed by atoms with Crippen LogP contribution >= 0.6 is 0 Å². The zero-order valence-electron chi connectivity index (χ0n) is 15.0. The summed E-state index contributed by atoms with van der Waals surface area (Å²) in [7, 11) is 0. The lowest BCUT2D eigenvalue weighted by molar-refractivity contribution is -0.132. The lowest BCUT2D eigenvalue weighted by Crippen LogP contribution is -2.34. The molecule has 0 aromatic heterocycles. The molecular formula is C21H23NO4. The number of allylic oxidation sites excluding steroid dienone is 1. The first-order valence-electron chi connectivity index (χ1n) is 8.55. The standard InChI is InChI=1S/C21H23NO4/c1-3-22(4-2)21(25)15-26-19-11-9-17(10-12-19)20(24)13-8-16-6-5-7-18(23)14-16/h5-14,23H,3-4,15H2,1-2H3/b13-8-. The van der Waals surface area contributed by atoms with Gasteiger partial charge in [-0.15, -0.1) is 0 Å². The first kappa shape index (κ1) is 19.2. The molecule has 0 aliphatic heterocycles. The molecule has 2 aromatic carbocycles. The normalized spacial score (nSPS) is 10.7. The van der Waals surface area contributed by atoms with Crippen LogP contribution in [0.4, 0.5) is 0 Å². The van der Waals surface area contributed by atoms with E-state index in [0.717, 1.165) is 5.56 Å². The molecule has 26 heavy (non-hydrogen) atoms. The maximum atomic E-state index is 12.2. The van der Waals surface area contributed by atoms with Gasteiger partial charge in [-0.2, -0.15) is 0 Å². The Morgan fingerprint density at radius 3 is 2.38 bits per heavy atom. The van der Waals surface area contributed by atoms with Crippen molar-refractivity contribution in [3.8, 4) is 11.5 Å². The lowest BCUT2D eigenvalue weighted by Gasteiger charge is -2.18. The molecule has 0 fully saturated rings. The molecule has 0 unspecified atom stereocenters. The molecule has 1 N–H and O–H groups in total. The number of aromatic hydroxyl groups is 1. The molecule has 0 aliphatic rings. The summed E-state index contributed by atoms with van der Waals surface area (Å²) in [6.07, 6.45) is 3.10. The number of phenols is 1. The molecule has 0 atom stereocenters. The number of ketones is 1. The first-order chi connectivity index (χ1) is 12.5. The molecular weight excluding hydrogens is 330 g/mol. The maximum Gasteiger partial charge on any atom is 0.260 e. The summed E-state index contributed by atoms with van der Waals surface area (Å²) >= 11 is 0. The number of phenolic OH excluding ortho intramolecular Hbond substituents is 1. The first-order valence-corrected chi connectivity index (χ1v) is 8.55. The van der Waals surface area contributed by atoms with E-state index in [9.17, 15) is 14.7 Å². The lowest BCUT2D eigenvalue weighted by atomic mass is 10.1. The maximum absolute atomic E-state index is 12.2. The molecule has 136 valence electrons. The monoisotopic (exact) mass is 353 g/mol. The summed E-state index contributed by atoms with van der Waals surface area (Å²) in [5.74, 6) is 0.475. The van der Waals surface area contributed by atoms with Crippen LogP contribution in [0.3, 0.4) is 0 Å². The van der Waals surface area contributed by atoms with Crippen molar-refractivity contribution in [1.29, 1.82) is 0 Å². The van der Waals surface area contributed by atoms with Crippen LogP contribution in [0.2, 0.25) is 0 Å². The van der Waals surface area contributed by atoms with Gasteiger partial charge in [0.2, 0.25) is 0 Å². The van der Waals surface area contributed by atoms with Gasteiger partial charge in [0, 0.05) is 18.7 Å². The zero-order chi connectivity index (χ0) is 18.9. The molecule has 5 nitrogen and oxygen atoms in total. The van der Waals surface area contributed by atoms with Crippen LogP contribution in [0.5, 0.6) is 11.5 Å². The van der Waals surface area contributed by atoms with Crippen LogP contribution < -0.4 is 4.74 Å². The third-order valence-corrected chi connectivity index (χ3v) is 3.91. The van der Waals surface area contributed by atoms with Gasteiger partial charge >= 0.3 is 0 Å². The fourth-order valence-corrected chi connectivity index (χ4v) is 2.42. The van der Waals surface area contributed by atoms with Crippen molar-refractivity contribution < 1.29 is 19.4 Å². The van der Waals surface area contributed by atoms with Crippen molar-refractivity contribution in [2.45, 2.75) is 13.8 Å². The molecule has 2 rings (SSSR count). The van der Waals surface area contributed by atoms with Crippen molar-refractivity contribution in [1.82, 2.24) is 4.90 Å². The molecule has 0 spiro atoms. The molecule has 1 amide bonds. The van der Waals surface area contributed by atoms with Crippen molar-refractivity contribution >= 4 is 17.8 Å². The van der Waals surface area contributed by atoms with Gasteiger partial charge in [0.25, 0.3) is 5.91 Å². The Balaban J connectivity index is 1.94. The quantitative estimate of drug-likeness (QED) is 0.582. The predicted octanol–water partition coefficient (Wildman–Crippen LogP) is 3.54. The number of benzene rings is 2. The number of amides is 1. The number of rotatable bonds is 8. The molecule has 0 saturated carbocycles. The summed E-state index contributed by atoms with van der Waals surface area (Å²) < 4.78 is 5.48. The van der Waals surface area contributed by atoms with Gasteiger partial charge in [-0.3, -0.25) is 9.59 Å². The second-order valence-electron chi connectivity index (χ2n) is 5.67. The highest BCUT2D eigenvalue weighted by Gasteiger charge is 2.10. The number of carbonyl (C=O) groups is 2. The highest BCUT2D eigenvalue weighted by atomic mass is 16.5. The molecule has 2 aromatic rings. The van der Waals surface area contributed by atoms with Crippen LogP contribution in [0.25, 0.3) is 6.08 Å². The Hall–Kier alpha value is -3.08. The minimum atomic E-state index is -0.154. The van der Waals surface area contributed by atoms with Crippen LogP contribution in [0, 0.1) is 0 Å². The van der Waals surface area contributed by atoms with Gasteiger partial charge in [-0.25, -0.2) is 0 Å². The Morgan fingerprint density at radius 2 is 1.77 bits per heavy atom. The van der Waals surface area contributed by atoms with E-state index < -0.39 is 0 Å². The van der Waals surface area contributed by atoms with Crippen LogP contribution in [-0.2, 0) is 4.79 Å². The summed E-state index contributed by atoms with van der Waals surface area (Å²) in [6.45, 7) is 5.12. The van der Waals surface area contributed by atoms with E-state index in [1.807, 2.05) is 13.8 Å². The number of hydrogen-bond donors (Lipinski definition) is 1. The Morgan fingerprint density at radius 1 is 1.08 bits per heavy atom. The number of carbonyl (C=O) groups excluding carboxylic acids is 2. The van der Waals surface area contributed by atoms with Gasteiger partial charge < -0.3 is 14.7 Å². The van der Waals surface area contributed by atoms with E-state index in [-0.39, 0.29) is 24.0 Å². The zero-order valence-corrected chi connectivity index (χ0v) is 15.0. The smallest absolute Gasteiger partial charge is 0.260 e. The van der Waals surface area contributed by atoms with E-state index in [4.69, 9.17) is 4.74 Å². The number of nitrogens with zero attached hydrogens (tertiary/aromatic N) is 1. The van der Waals surface area contributed by atoms with Crippen molar-refractivity contribution in [2.24, 2.45) is 0 Å². The highest BCUT2D eigenvalue weighted by molar-refractivity contribution is 6.06. The van der Waals surface area contributed by atoms with E-state index in [1.165, 1.54) is 6.08 Å². The van der Waals surface area contributed by atoms with Crippen molar-refractivity contribution in [2.75, 3.05) is 19.7 Å². The molecule has 0 radical (unpaired) electrons. The third-order valence-electron chi connectivity index (χ3n) is 3.91. The molecule has 0 saturated heterocycles. The van der Waals surface area contributed by atoms with Crippen LogP contribution in [0.1, 0.15) is 29.8 Å². The number of hydrogen-bond acceptors (Lipinski definition) is 4.